The Bertz CT molecular complexity index is 322. The van der Waals surface area contributed by atoms with Crippen molar-refractivity contribution in [3.63, 3.8) is 0 Å². The number of hydrogen-bond acceptors (Lipinski definition) is 2. The van der Waals surface area contributed by atoms with E-state index in [1.165, 1.54) is 5.56 Å². The molecule has 0 aliphatic carbocycles. The molecule has 17 heavy (non-hydrogen) atoms. The minimum absolute atomic E-state index is 0.530. The first kappa shape index (κ1) is 14.0. The Balaban J connectivity index is 2.39. The Morgan fingerprint density at radius 2 is 1.88 bits per heavy atom. The van der Waals surface area contributed by atoms with Crippen LogP contribution in [0.1, 0.15) is 33.3 Å². The van der Waals surface area contributed by atoms with Crippen molar-refractivity contribution in [3.05, 3.63) is 29.8 Å². The number of aryl methyl sites for hydroxylation is 1. The zero-order valence-electron chi connectivity index (χ0n) is 11.5. The van der Waals surface area contributed by atoms with Crippen molar-refractivity contribution in [3.8, 4) is 5.75 Å². The summed E-state index contributed by atoms with van der Waals surface area (Å²) in [5.41, 5.74) is 1.29. The summed E-state index contributed by atoms with van der Waals surface area (Å²) in [5.74, 6) is 1.56. The minimum atomic E-state index is 0.530. The predicted molar refractivity (Wildman–Crippen MR) is 73.6 cm³/mol. The van der Waals surface area contributed by atoms with Crippen LogP contribution in [0, 0.1) is 5.92 Å². The van der Waals surface area contributed by atoms with Crippen molar-refractivity contribution in [1.82, 2.24) is 5.32 Å². The third-order valence-corrected chi connectivity index (χ3v) is 2.75. The molecule has 0 saturated heterocycles. The van der Waals surface area contributed by atoms with Gasteiger partial charge in [0.25, 0.3) is 0 Å². The number of para-hydroxylation sites is 1. The summed E-state index contributed by atoms with van der Waals surface area (Å²) in [5, 5.41) is 3.43. The molecule has 0 radical (unpaired) electrons. The van der Waals surface area contributed by atoms with E-state index < -0.39 is 0 Å². The topological polar surface area (TPSA) is 21.3 Å². The summed E-state index contributed by atoms with van der Waals surface area (Å²) < 4.78 is 5.88. The van der Waals surface area contributed by atoms with E-state index in [-0.39, 0.29) is 0 Å². The zero-order valence-corrected chi connectivity index (χ0v) is 11.5. The lowest BCUT2D eigenvalue weighted by Crippen LogP contribution is -2.30. The fraction of sp³-hybridized carbons (Fsp3) is 0.600. The molecule has 0 amide bonds. The van der Waals surface area contributed by atoms with Crippen LogP contribution in [-0.4, -0.2) is 19.2 Å². The van der Waals surface area contributed by atoms with Crippen molar-refractivity contribution >= 4 is 0 Å². The average molecular weight is 235 g/mol. The van der Waals surface area contributed by atoms with E-state index in [0.717, 1.165) is 25.3 Å². The van der Waals surface area contributed by atoms with E-state index in [2.05, 4.69) is 51.2 Å². The molecule has 2 nitrogen and oxygen atoms in total. The van der Waals surface area contributed by atoms with Crippen molar-refractivity contribution in [2.75, 3.05) is 13.2 Å². The highest BCUT2D eigenvalue weighted by atomic mass is 16.5. The highest BCUT2D eigenvalue weighted by Gasteiger charge is 2.06. The third-order valence-electron chi connectivity index (χ3n) is 2.75. The third kappa shape index (κ3) is 5.22. The van der Waals surface area contributed by atoms with Gasteiger partial charge in [-0.15, -0.1) is 0 Å². The molecule has 1 rings (SSSR count). The Labute approximate surface area is 105 Å². The number of benzene rings is 1. The molecular weight excluding hydrogens is 210 g/mol. The Morgan fingerprint density at radius 1 is 1.18 bits per heavy atom. The van der Waals surface area contributed by atoms with Crippen LogP contribution in [0.25, 0.3) is 0 Å². The van der Waals surface area contributed by atoms with Crippen LogP contribution in [0.2, 0.25) is 0 Å². The molecular formula is C15H25NO. The SMILES string of the molecule is CCc1ccccc1OCC(C)CNC(C)C. The van der Waals surface area contributed by atoms with Crippen LogP contribution >= 0.6 is 0 Å². The lowest BCUT2D eigenvalue weighted by Gasteiger charge is -2.17. The molecule has 0 aliphatic rings. The first-order valence-electron chi connectivity index (χ1n) is 6.57. The summed E-state index contributed by atoms with van der Waals surface area (Å²) in [4.78, 5) is 0. The van der Waals surface area contributed by atoms with Crippen LogP contribution in [0.15, 0.2) is 24.3 Å². The summed E-state index contributed by atoms with van der Waals surface area (Å²) in [7, 11) is 0. The van der Waals surface area contributed by atoms with Gasteiger partial charge in [0.05, 0.1) is 6.61 Å². The first-order chi connectivity index (χ1) is 8.13. The van der Waals surface area contributed by atoms with E-state index in [1.54, 1.807) is 0 Å². The molecule has 1 unspecified atom stereocenters. The molecule has 0 heterocycles. The van der Waals surface area contributed by atoms with E-state index >= 15 is 0 Å². The molecule has 0 aromatic heterocycles. The molecule has 0 spiro atoms. The van der Waals surface area contributed by atoms with Crippen molar-refractivity contribution in [2.24, 2.45) is 5.92 Å². The minimum Gasteiger partial charge on any atom is -0.493 e. The molecule has 0 bridgehead atoms. The molecule has 0 fully saturated rings. The van der Waals surface area contributed by atoms with Crippen LogP contribution in [0.4, 0.5) is 0 Å². The van der Waals surface area contributed by atoms with Gasteiger partial charge in [0.1, 0.15) is 5.75 Å². The number of ether oxygens (including phenoxy) is 1. The fourth-order valence-corrected chi connectivity index (χ4v) is 1.66. The van der Waals surface area contributed by atoms with Gasteiger partial charge in [-0.25, -0.2) is 0 Å². The molecule has 1 aromatic rings. The van der Waals surface area contributed by atoms with Crippen LogP contribution < -0.4 is 10.1 Å². The van der Waals surface area contributed by atoms with Gasteiger partial charge in [-0.05, 0) is 18.1 Å². The molecule has 0 saturated carbocycles. The van der Waals surface area contributed by atoms with Gasteiger partial charge < -0.3 is 10.1 Å². The van der Waals surface area contributed by atoms with Gasteiger partial charge in [0.15, 0.2) is 0 Å². The van der Waals surface area contributed by atoms with Crippen LogP contribution in [0.3, 0.4) is 0 Å². The average Bonchev–Trinajstić information content (AvgIpc) is 2.34. The maximum atomic E-state index is 5.88. The van der Waals surface area contributed by atoms with E-state index in [0.29, 0.717) is 12.0 Å². The summed E-state index contributed by atoms with van der Waals surface area (Å²) >= 11 is 0. The largest absolute Gasteiger partial charge is 0.493 e. The Morgan fingerprint density at radius 3 is 2.53 bits per heavy atom. The maximum absolute atomic E-state index is 5.88. The first-order valence-corrected chi connectivity index (χ1v) is 6.57. The molecule has 0 aliphatic heterocycles. The highest BCUT2D eigenvalue weighted by molar-refractivity contribution is 5.33. The van der Waals surface area contributed by atoms with Gasteiger partial charge in [0, 0.05) is 18.5 Å². The smallest absolute Gasteiger partial charge is 0.122 e. The van der Waals surface area contributed by atoms with Gasteiger partial charge in [-0.1, -0.05) is 45.9 Å². The number of rotatable bonds is 7. The van der Waals surface area contributed by atoms with Gasteiger partial charge >= 0.3 is 0 Å². The monoisotopic (exact) mass is 235 g/mol. The van der Waals surface area contributed by atoms with Gasteiger partial charge in [0.2, 0.25) is 0 Å². The normalized spacial score (nSPS) is 12.8. The second kappa shape index (κ2) is 7.33. The van der Waals surface area contributed by atoms with Gasteiger partial charge in [-0.2, -0.15) is 0 Å². The standard InChI is InChI=1S/C15H25NO/c1-5-14-8-6-7-9-15(14)17-11-13(4)10-16-12(2)3/h6-9,12-13,16H,5,10-11H2,1-4H3. The Kier molecular flexibility index (Phi) is 6.06. The van der Waals surface area contributed by atoms with E-state index in [9.17, 15) is 0 Å². The lowest BCUT2D eigenvalue weighted by atomic mass is 10.1. The van der Waals surface area contributed by atoms with E-state index in [4.69, 9.17) is 4.74 Å². The predicted octanol–water partition coefficient (Wildman–Crippen LogP) is 3.26. The van der Waals surface area contributed by atoms with Crippen LogP contribution in [-0.2, 0) is 6.42 Å². The lowest BCUT2D eigenvalue weighted by molar-refractivity contribution is 0.251. The molecule has 96 valence electrons. The number of nitrogens with one attached hydrogen (secondary N) is 1. The van der Waals surface area contributed by atoms with Crippen molar-refractivity contribution in [1.29, 1.82) is 0 Å². The second-order valence-electron chi connectivity index (χ2n) is 4.94. The molecule has 2 heteroatoms. The zero-order chi connectivity index (χ0) is 12.7. The van der Waals surface area contributed by atoms with Crippen molar-refractivity contribution in [2.45, 2.75) is 40.2 Å². The molecule has 1 aromatic carbocycles. The van der Waals surface area contributed by atoms with Crippen LogP contribution in [0.5, 0.6) is 5.75 Å². The number of hydrogen-bond donors (Lipinski definition) is 1. The summed E-state index contributed by atoms with van der Waals surface area (Å²) in [6.07, 6.45) is 1.02. The fourth-order valence-electron chi connectivity index (χ4n) is 1.66. The molecule has 1 N–H and O–H groups in total. The quantitative estimate of drug-likeness (QED) is 0.783. The molecule has 1 atom stereocenters. The van der Waals surface area contributed by atoms with E-state index in [1.807, 2.05) is 6.07 Å². The highest BCUT2D eigenvalue weighted by Crippen LogP contribution is 2.18. The maximum Gasteiger partial charge on any atom is 0.122 e. The second-order valence-corrected chi connectivity index (χ2v) is 4.94. The summed E-state index contributed by atoms with van der Waals surface area (Å²) in [6, 6.07) is 8.83. The van der Waals surface area contributed by atoms with Gasteiger partial charge in [-0.3, -0.25) is 0 Å². The summed E-state index contributed by atoms with van der Waals surface area (Å²) in [6.45, 7) is 10.5. The Hall–Kier alpha value is -1.02. The van der Waals surface area contributed by atoms with Crippen molar-refractivity contribution < 1.29 is 4.74 Å².